The van der Waals surface area contributed by atoms with Crippen molar-refractivity contribution in [2.45, 2.75) is 31.6 Å². The molecule has 0 aliphatic heterocycles. The molecule has 0 spiro atoms. The van der Waals surface area contributed by atoms with Crippen molar-refractivity contribution in [3.63, 3.8) is 0 Å². The van der Waals surface area contributed by atoms with Crippen LogP contribution in [0.5, 0.6) is 5.75 Å². The second kappa shape index (κ2) is 11.0. The molecule has 168 valence electrons. The number of aromatic nitrogens is 3. The van der Waals surface area contributed by atoms with Crippen LogP contribution in [-0.2, 0) is 11.3 Å². The van der Waals surface area contributed by atoms with Crippen LogP contribution in [0.1, 0.15) is 36.1 Å². The number of carbonyl (C=O) groups excluding carboxylic acids is 2. The number of hydrogen-bond donors (Lipinski definition) is 2. The Kier molecular flexibility index (Phi) is 8.13. The average Bonchev–Trinajstić information content (AvgIpc) is 3.21. The number of halogens is 1. The van der Waals surface area contributed by atoms with Gasteiger partial charge in [-0.2, -0.15) is 0 Å². The van der Waals surface area contributed by atoms with E-state index in [1.165, 1.54) is 11.8 Å². The highest BCUT2D eigenvalue weighted by molar-refractivity contribution is 7.99. The molecule has 0 saturated carbocycles. The zero-order valence-corrected chi connectivity index (χ0v) is 19.5. The highest BCUT2D eigenvalue weighted by Crippen LogP contribution is 2.22. The first-order chi connectivity index (χ1) is 15.4. The summed E-state index contributed by atoms with van der Waals surface area (Å²) in [4.78, 5) is 24.9. The van der Waals surface area contributed by atoms with Crippen molar-refractivity contribution in [1.82, 2.24) is 20.1 Å². The third-order valence-corrected chi connectivity index (χ3v) is 5.81. The number of thioether (sulfide) groups is 1. The fourth-order valence-corrected chi connectivity index (χ4v) is 3.93. The van der Waals surface area contributed by atoms with Crippen LogP contribution in [0.2, 0.25) is 5.02 Å². The molecule has 0 saturated heterocycles. The fourth-order valence-electron chi connectivity index (χ4n) is 3.00. The number of anilines is 1. The van der Waals surface area contributed by atoms with Gasteiger partial charge < -0.3 is 19.9 Å². The summed E-state index contributed by atoms with van der Waals surface area (Å²) in [6.07, 6.45) is 0. The summed E-state index contributed by atoms with van der Waals surface area (Å²) in [6, 6.07) is 13.5. The van der Waals surface area contributed by atoms with Crippen LogP contribution >= 0.6 is 23.4 Å². The van der Waals surface area contributed by atoms with Gasteiger partial charge in [0, 0.05) is 28.9 Å². The van der Waals surface area contributed by atoms with Gasteiger partial charge in [0.15, 0.2) is 11.0 Å². The number of carbonyl (C=O) groups is 2. The molecule has 3 rings (SSSR count). The van der Waals surface area contributed by atoms with Crippen LogP contribution in [0.25, 0.3) is 0 Å². The van der Waals surface area contributed by atoms with Gasteiger partial charge in [-0.3, -0.25) is 9.59 Å². The minimum absolute atomic E-state index is 0.167. The summed E-state index contributed by atoms with van der Waals surface area (Å²) in [5, 5.41) is 15.4. The molecule has 1 aromatic heterocycles. The maximum absolute atomic E-state index is 12.5. The average molecular weight is 474 g/mol. The summed E-state index contributed by atoms with van der Waals surface area (Å²) >= 11 is 7.16. The van der Waals surface area contributed by atoms with Crippen molar-refractivity contribution in [2.75, 3.05) is 18.2 Å². The maximum Gasteiger partial charge on any atom is 0.251 e. The van der Waals surface area contributed by atoms with Crippen molar-refractivity contribution in [3.05, 3.63) is 64.9 Å². The lowest BCUT2D eigenvalue weighted by atomic mass is 10.2. The molecule has 2 amide bonds. The molecule has 0 radical (unpaired) electrons. The highest BCUT2D eigenvalue weighted by atomic mass is 35.5. The van der Waals surface area contributed by atoms with Gasteiger partial charge in [0.05, 0.1) is 18.9 Å². The Hall–Kier alpha value is -3.04. The van der Waals surface area contributed by atoms with E-state index in [0.717, 1.165) is 0 Å². The predicted molar refractivity (Wildman–Crippen MR) is 125 cm³/mol. The Morgan fingerprint density at radius 1 is 1.19 bits per heavy atom. The molecule has 1 heterocycles. The molecule has 2 N–H and O–H groups in total. The van der Waals surface area contributed by atoms with Gasteiger partial charge in [-0.25, -0.2) is 0 Å². The second-order valence-corrected chi connectivity index (χ2v) is 8.23. The molecule has 32 heavy (non-hydrogen) atoms. The van der Waals surface area contributed by atoms with Gasteiger partial charge in [-0.05, 0) is 50.2 Å². The van der Waals surface area contributed by atoms with Crippen LogP contribution in [0.4, 0.5) is 5.69 Å². The zero-order chi connectivity index (χ0) is 23.1. The van der Waals surface area contributed by atoms with Gasteiger partial charge >= 0.3 is 0 Å². The first-order valence-corrected chi connectivity index (χ1v) is 11.3. The van der Waals surface area contributed by atoms with Gasteiger partial charge in [-0.1, -0.05) is 29.4 Å². The molecule has 0 bridgehead atoms. The molecule has 1 unspecified atom stereocenters. The van der Waals surface area contributed by atoms with Gasteiger partial charge in [0.25, 0.3) is 5.91 Å². The van der Waals surface area contributed by atoms with E-state index in [4.69, 9.17) is 16.3 Å². The fraction of sp³-hybridized carbons (Fsp3) is 0.273. The lowest BCUT2D eigenvalue weighted by Gasteiger charge is -2.15. The molecule has 0 aliphatic carbocycles. The predicted octanol–water partition coefficient (Wildman–Crippen LogP) is 4.18. The topological polar surface area (TPSA) is 98.1 Å². The van der Waals surface area contributed by atoms with Crippen LogP contribution in [0.3, 0.4) is 0 Å². The first-order valence-electron chi connectivity index (χ1n) is 9.97. The normalized spacial score (nSPS) is 11.6. The Morgan fingerprint density at radius 3 is 2.62 bits per heavy atom. The highest BCUT2D eigenvalue weighted by Gasteiger charge is 2.20. The molecule has 10 heteroatoms. The van der Waals surface area contributed by atoms with E-state index in [0.29, 0.717) is 39.5 Å². The standard InChI is InChI=1S/C22H24ClN5O3S/c1-4-28-20(14(2)24-21(30)15-8-10-16(23)11-9-15)26-27-22(28)32-13-19(29)25-17-6-5-7-18(12-17)31-3/h5-12,14H,4,13H2,1-3H3,(H,24,30)(H,25,29). The second-order valence-electron chi connectivity index (χ2n) is 6.86. The number of rotatable bonds is 9. The van der Waals surface area contributed by atoms with Crippen LogP contribution in [0.15, 0.2) is 53.7 Å². The Bertz CT molecular complexity index is 1090. The van der Waals surface area contributed by atoms with Gasteiger partial charge in [0.2, 0.25) is 5.91 Å². The van der Waals surface area contributed by atoms with Crippen LogP contribution in [0, 0.1) is 0 Å². The quantitative estimate of drug-likeness (QED) is 0.452. The van der Waals surface area contributed by atoms with Gasteiger partial charge in [0.1, 0.15) is 5.75 Å². The summed E-state index contributed by atoms with van der Waals surface area (Å²) in [5.74, 6) is 1.05. The van der Waals surface area contributed by atoms with E-state index in [1.807, 2.05) is 24.5 Å². The molecule has 2 aromatic carbocycles. The molecule has 0 fully saturated rings. The summed E-state index contributed by atoms with van der Waals surface area (Å²) in [7, 11) is 1.57. The van der Waals surface area contributed by atoms with Crippen molar-refractivity contribution < 1.29 is 14.3 Å². The molecule has 8 nitrogen and oxygen atoms in total. The molecular weight excluding hydrogens is 450 g/mol. The van der Waals surface area contributed by atoms with E-state index >= 15 is 0 Å². The summed E-state index contributed by atoms with van der Waals surface area (Å²) in [5.41, 5.74) is 1.17. The number of ether oxygens (including phenoxy) is 1. The number of hydrogen-bond acceptors (Lipinski definition) is 6. The number of amides is 2. The van der Waals surface area contributed by atoms with E-state index in [9.17, 15) is 9.59 Å². The minimum atomic E-state index is -0.370. The Labute approximate surface area is 195 Å². The Balaban J connectivity index is 1.61. The first kappa shape index (κ1) is 23.6. The Morgan fingerprint density at radius 2 is 1.94 bits per heavy atom. The number of nitrogens with one attached hydrogen (secondary N) is 2. The lowest BCUT2D eigenvalue weighted by Crippen LogP contribution is -2.28. The zero-order valence-electron chi connectivity index (χ0n) is 18.0. The third kappa shape index (κ3) is 6.02. The van der Waals surface area contributed by atoms with Crippen LogP contribution in [-0.4, -0.2) is 39.4 Å². The largest absolute Gasteiger partial charge is 0.497 e. The minimum Gasteiger partial charge on any atom is -0.497 e. The number of methoxy groups -OCH3 is 1. The van der Waals surface area contributed by atoms with E-state index < -0.39 is 0 Å². The molecule has 0 aliphatic rings. The van der Waals surface area contributed by atoms with E-state index in [2.05, 4.69) is 20.8 Å². The van der Waals surface area contributed by atoms with Crippen molar-refractivity contribution in [1.29, 1.82) is 0 Å². The monoisotopic (exact) mass is 473 g/mol. The van der Waals surface area contributed by atoms with Crippen molar-refractivity contribution in [2.24, 2.45) is 0 Å². The lowest BCUT2D eigenvalue weighted by molar-refractivity contribution is -0.113. The third-order valence-electron chi connectivity index (χ3n) is 4.59. The van der Waals surface area contributed by atoms with Gasteiger partial charge in [-0.15, -0.1) is 10.2 Å². The van der Waals surface area contributed by atoms with Crippen molar-refractivity contribution >= 4 is 40.9 Å². The van der Waals surface area contributed by atoms with Crippen LogP contribution < -0.4 is 15.4 Å². The van der Waals surface area contributed by atoms with E-state index in [-0.39, 0.29) is 23.6 Å². The summed E-state index contributed by atoms with van der Waals surface area (Å²) < 4.78 is 7.05. The van der Waals surface area contributed by atoms with E-state index in [1.54, 1.807) is 49.6 Å². The van der Waals surface area contributed by atoms with Crippen molar-refractivity contribution in [3.8, 4) is 5.75 Å². The molecule has 3 aromatic rings. The number of nitrogens with zero attached hydrogens (tertiary/aromatic N) is 3. The molecule has 1 atom stereocenters. The smallest absolute Gasteiger partial charge is 0.251 e. The maximum atomic E-state index is 12.5. The molecular formula is C22H24ClN5O3S. The SMILES string of the molecule is CCn1c(SCC(=O)Nc2cccc(OC)c2)nnc1C(C)NC(=O)c1ccc(Cl)cc1. The summed E-state index contributed by atoms with van der Waals surface area (Å²) in [6.45, 7) is 4.40. The number of benzene rings is 2.